The highest BCUT2D eigenvalue weighted by molar-refractivity contribution is 6.76. The maximum Gasteiger partial charge on any atom is 0.326 e. The van der Waals surface area contributed by atoms with Crippen LogP contribution in [0.4, 0.5) is 10.6 Å². The summed E-state index contributed by atoms with van der Waals surface area (Å²) in [6, 6.07) is 11.3. The van der Waals surface area contributed by atoms with Gasteiger partial charge < -0.3 is 18.9 Å². The van der Waals surface area contributed by atoms with Gasteiger partial charge in [0, 0.05) is 64.6 Å². The summed E-state index contributed by atoms with van der Waals surface area (Å²) in [4.78, 5) is 26.6. The number of benzene rings is 1. The lowest BCUT2D eigenvalue weighted by Gasteiger charge is -2.25. The van der Waals surface area contributed by atoms with Gasteiger partial charge in [-0.15, -0.1) is 0 Å². The van der Waals surface area contributed by atoms with Crippen molar-refractivity contribution in [2.24, 2.45) is 5.92 Å². The lowest BCUT2D eigenvalue weighted by atomic mass is 10.0. The average Bonchev–Trinajstić information content (AvgIpc) is 3.66. The predicted octanol–water partition coefficient (Wildman–Crippen LogP) is 5.49. The molecule has 11 heteroatoms. The molecule has 41 heavy (non-hydrogen) atoms. The summed E-state index contributed by atoms with van der Waals surface area (Å²) in [5, 5.41) is 4.53. The molecular formula is C30H41N7O3Si. The molecule has 0 spiro atoms. The molecular weight excluding hydrogens is 534 g/mol. The molecule has 5 rings (SSSR count). The first-order valence-electron chi connectivity index (χ1n) is 14.3. The minimum atomic E-state index is -1.13. The molecule has 0 bridgehead atoms. The minimum Gasteiger partial charge on any atom is -0.383 e. The maximum atomic E-state index is 13.4. The number of hydrogen-bond donors (Lipinski definition) is 0. The fourth-order valence-electron chi connectivity index (χ4n) is 5.06. The molecule has 1 aliphatic rings. The highest BCUT2D eigenvalue weighted by Crippen LogP contribution is 2.31. The van der Waals surface area contributed by atoms with Gasteiger partial charge in [-0.1, -0.05) is 57.8 Å². The second-order valence-corrected chi connectivity index (χ2v) is 17.8. The molecule has 0 radical (unpaired) electrons. The highest BCUT2D eigenvalue weighted by atomic mass is 28.3. The smallest absolute Gasteiger partial charge is 0.326 e. The molecule has 1 saturated heterocycles. The number of nitrogens with zero attached hydrogens (tertiary/aromatic N) is 7. The van der Waals surface area contributed by atoms with E-state index < -0.39 is 8.07 Å². The third kappa shape index (κ3) is 6.37. The van der Waals surface area contributed by atoms with Crippen molar-refractivity contribution in [2.45, 2.75) is 52.3 Å². The van der Waals surface area contributed by atoms with Gasteiger partial charge in [-0.05, 0) is 23.6 Å². The lowest BCUT2D eigenvalue weighted by molar-refractivity contribution is 0.0883. The van der Waals surface area contributed by atoms with Crippen molar-refractivity contribution in [1.29, 1.82) is 0 Å². The van der Waals surface area contributed by atoms with Crippen LogP contribution in [0.5, 0.6) is 0 Å². The zero-order valence-electron chi connectivity index (χ0n) is 24.9. The van der Waals surface area contributed by atoms with Gasteiger partial charge in [0.1, 0.15) is 18.4 Å². The molecule has 4 aromatic rings. The second-order valence-electron chi connectivity index (χ2n) is 12.2. The molecule has 2 amide bonds. The van der Waals surface area contributed by atoms with E-state index in [4.69, 9.17) is 14.5 Å². The Labute approximate surface area is 242 Å². The van der Waals surface area contributed by atoms with Crippen LogP contribution in [0, 0.1) is 5.92 Å². The van der Waals surface area contributed by atoms with Crippen LogP contribution >= 0.6 is 0 Å². The van der Waals surface area contributed by atoms with Gasteiger partial charge in [-0.25, -0.2) is 19.3 Å². The van der Waals surface area contributed by atoms with E-state index in [1.807, 2.05) is 45.2 Å². The topological polar surface area (TPSA) is 90.0 Å². The van der Waals surface area contributed by atoms with Crippen LogP contribution in [0.25, 0.3) is 28.2 Å². The number of carbonyl (C=O) groups excluding carboxylic acids is 1. The van der Waals surface area contributed by atoms with Crippen LogP contribution in [-0.4, -0.2) is 82.6 Å². The summed E-state index contributed by atoms with van der Waals surface area (Å²) in [5.41, 5.74) is 3.61. The Balaban J connectivity index is 1.37. The first kappa shape index (κ1) is 29.0. The average molecular weight is 576 g/mol. The molecule has 1 aromatic carbocycles. The largest absolute Gasteiger partial charge is 0.383 e. The van der Waals surface area contributed by atoms with Gasteiger partial charge in [0.25, 0.3) is 0 Å². The normalized spacial score (nSPS) is 16.1. The van der Waals surface area contributed by atoms with Gasteiger partial charge in [-0.2, -0.15) is 5.10 Å². The summed E-state index contributed by atoms with van der Waals surface area (Å²) in [5.74, 6) is 1.78. The van der Waals surface area contributed by atoms with Crippen molar-refractivity contribution in [3.8, 4) is 22.5 Å². The van der Waals surface area contributed by atoms with Crippen molar-refractivity contribution in [2.75, 3.05) is 38.3 Å². The zero-order valence-corrected chi connectivity index (χ0v) is 25.9. The molecule has 1 fully saturated rings. The summed E-state index contributed by atoms with van der Waals surface area (Å²) >= 11 is 0. The van der Waals surface area contributed by atoms with Gasteiger partial charge in [-0.3, -0.25) is 4.90 Å². The van der Waals surface area contributed by atoms with Crippen molar-refractivity contribution in [3.05, 3.63) is 55.1 Å². The number of imidazole rings is 1. The van der Waals surface area contributed by atoms with Crippen LogP contribution in [0.3, 0.4) is 0 Å². The van der Waals surface area contributed by atoms with Crippen LogP contribution in [0.15, 0.2) is 55.1 Å². The van der Waals surface area contributed by atoms with Gasteiger partial charge in [0.15, 0.2) is 5.65 Å². The quantitative estimate of drug-likeness (QED) is 0.164. The molecule has 0 saturated carbocycles. The number of methoxy groups -OCH3 is 1. The van der Waals surface area contributed by atoms with E-state index in [-0.39, 0.29) is 18.0 Å². The van der Waals surface area contributed by atoms with E-state index in [9.17, 15) is 4.79 Å². The van der Waals surface area contributed by atoms with E-state index in [0.717, 1.165) is 35.2 Å². The van der Waals surface area contributed by atoms with Crippen LogP contribution < -0.4 is 4.90 Å². The summed E-state index contributed by atoms with van der Waals surface area (Å²) in [6.07, 6.45) is 7.46. The number of anilines is 1. The van der Waals surface area contributed by atoms with Crippen LogP contribution in [0.2, 0.25) is 25.7 Å². The molecule has 1 aliphatic heterocycles. The molecule has 0 aliphatic carbocycles. The van der Waals surface area contributed by atoms with Crippen molar-refractivity contribution < 1.29 is 14.3 Å². The molecule has 10 nitrogen and oxygen atoms in total. The van der Waals surface area contributed by atoms with Gasteiger partial charge in [0.05, 0.1) is 18.8 Å². The zero-order chi connectivity index (χ0) is 29.1. The number of aromatic nitrogens is 5. The SMILES string of the molecule is COCCN1CC(C(C)C)N(c2ccn3ncc(-c4ccc(-c5nccn5COCC[Si](C)(C)C)cc4)c3n2)C1=O. The lowest BCUT2D eigenvalue weighted by Crippen LogP contribution is -2.38. The standard InChI is InChI=1S/C30H41N7O3Si/c1-22(2)26-20-34(15-16-39-3)30(38)37(26)27-11-13-36-29(33-27)25(19-32-36)23-7-9-24(10-8-23)28-31-12-14-35(28)21-40-17-18-41(4,5)6/h7-14,19,22,26H,15-18,20-21H2,1-6H3. The summed E-state index contributed by atoms with van der Waals surface area (Å²) in [7, 11) is 0.524. The Hall–Kier alpha value is -3.54. The summed E-state index contributed by atoms with van der Waals surface area (Å²) in [6.45, 7) is 14.3. The maximum absolute atomic E-state index is 13.4. The fraction of sp³-hybridized carbons (Fsp3) is 0.467. The van der Waals surface area contributed by atoms with Gasteiger partial charge in [0.2, 0.25) is 0 Å². The predicted molar refractivity (Wildman–Crippen MR) is 164 cm³/mol. The number of carbonyl (C=O) groups is 1. The Kier molecular flexibility index (Phi) is 8.57. The monoisotopic (exact) mass is 575 g/mol. The minimum absolute atomic E-state index is 0.0308. The second kappa shape index (κ2) is 12.1. The van der Waals surface area contributed by atoms with E-state index in [1.54, 1.807) is 11.6 Å². The van der Waals surface area contributed by atoms with Crippen molar-refractivity contribution >= 4 is 25.6 Å². The number of rotatable bonds is 12. The first-order valence-corrected chi connectivity index (χ1v) is 18.0. The molecule has 4 heterocycles. The first-order chi connectivity index (χ1) is 19.7. The van der Waals surface area contributed by atoms with E-state index in [0.29, 0.717) is 37.9 Å². The van der Waals surface area contributed by atoms with Crippen LogP contribution in [-0.2, 0) is 16.2 Å². The number of fused-ring (bicyclic) bond motifs is 1. The summed E-state index contributed by atoms with van der Waals surface area (Å²) < 4.78 is 15.0. The Morgan fingerprint density at radius 3 is 2.51 bits per heavy atom. The molecule has 1 unspecified atom stereocenters. The van der Waals surface area contributed by atoms with Crippen molar-refractivity contribution in [3.63, 3.8) is 0 Å². The third-order valence-corrected chi connectivity index (χ3v) is 9.25. The Bertz CT molecular complexity index is 1480. The van der Waals surface area contributed by atoms with E-state index in [1.165, 1.54) is 0 Å². The van der Waals surface area contributed by atoms with E-state index >= 15 is 0 Å². The Morgan fingerprint density at radius 2 is 1.80 bits per heavy atom. The number of amides is 2. The third-order valence-electron chi connectivity index (χ3n) is 7.55. The number of ether oxygens (including phenoxy) is 2. The molecule has 218 valence electrons. The van der Waals surface area contributed by atoms with E-state index in [2.05, 4.69) is 67.8 Å². The molecule has 3 aromatic heterocycles. The number of hydrogen-bond acceptors (Lipinski definition) is 6. The Morgan fingerprint density at radius 1 is 1.05 bits per heavy atom. The van der Waals surface area contributed by atoms with Crippen LogP contribution in [0.1, 0.15) is 13.8 Å². The number of urea groups is 1. The molecule has 1 atom stereocenters. The fourth-order valence-corrected chi connectivity index (χ4v) is 5.81. The van der Waals surface area contributed by atoms with Gasteiger partial charge >= 0.3 is 6.03 Å². The van der Waals surface area contributed by atoms with Crippen molar-refractivity contribution in [1.82, 2.24) is 29.0 Å². The highest BCUT2D eigenvalue weighted by Gasteiger charge is 2.40. The molecule has 0 N–H and O–H groups in total.